The molecule has 1 saturated carbocycles. The van der Waals surface area contributed by atoms with Gasteiger partial charge in [0.1, 0.15) is 0 Å². The number of hydrogen-bond donors (Lipinski definition) is 1. The predicted molar refractivity (Wildman–Crippen MR) is 61.6 cm³/mol. The lowest BCUT2D eigenvalue weighted by molar-refractivity contribution is -0.144. The molecule has 0 aliphatic heterocycles. The van der Waals surface area contributed by atoms with E-state index in [1.807, 2.05) is 0 Å². The van der Waals surface area contributed by atoms with Crippen molar-refractivity contribution in [3.05, 3.63) is 0 Å². The first-order chi connectivity index (χ1) is 6.93. The molecule has 1 rings (SSSR count). The van der Waals surface area contributed by atoms with Gasteiger partial charge in [0.2, 0.25) is 0 Å². The minimum atomic E-state index is -0.595. The van der Waals surface area contributed by atoms with Crippen molar-refractivity contribution in [2.24, 2.45) is 29.6 Å². The smallest absolute Gasteiger partial charge is 0.306 e. The Kier molecular flexibility index (Phi) is 4.18. The lowest BCUT2D eigenvalue weighted by atomic mass is 9.66. The van der Waals surface area contributed by atoms with E-state index >= 15 is 0 Å². The summed E-state index contributed by atoms with van der Waals surface area (Å²) >= 11 is 0. The van der Waals surface area contributed by atoms with Crippen LogP contribution in [0, 0.1) is 29.6 Å². The fourth-order valence-electron chi connectivity index (χ4n) is 3.05. The third kappa shape index (κ3) is 2.96. The molecular weight excluding hydrogens is 188 g/mol. The molecule has 15 heavy (non-hydrogen) atoms. The largest absolute Gasteiger partial charge is 0.481 e. The topological polar surface area (TPSA) is 37.3 Å². The van der Waals surface area contributed by atoms with E-state index in [0.717, 1.165) is 25.2 Å². The highest BCUT2D eigenvalue weighted by molar-refractivity contribution is 5.70. The van der Waals surface area contributed by atoms with Gasteiger partial charge >= 0.3 is 5.97 Å². The van der Waals surface area contributed by atoms with Crippen molar-refractivity contribution in [1.82, 2.24) is 0 Å². The first-order valence-electron chi connectivity index (χ1n) is 6.16. The van der Waals surface area contributed by atoms with Gasteiger partial charge in [-0.2, -0.15) is 0 Å². The first kappa shape index (κ1) is 12.5. The molecule has 2 heteroatoms. The minimum absolute atomic E-state index is 0.0904. The molecule has 1 N–H and O–H groups in total. The van der Waals surface area contributed by atoms with Crippen LogP contribution < -0.4 is 0 Å². The zero-order valence-corrected chi connectivity index (χ0v) is 10.4. The average Bonchev–Trinajstić information content (AvgIpc) is 2.16. The molecule has 3 atom stereocenters. The number of carboxylic acids is 1. The maximum atomic E-state index is 11.0. The second kappa shape index (κ2) is 5.00. The highest BCUT2D eigenvalue weighted by Crippen LogP contribution is 2.41. The fourth-order valence-corrected chi connectivity index (χ4v) is 3.05. The van der Waals surface area contributed by atoms with Gasteiger partial charge in [0.05, 0.1) is 5.92 Å². The maximum absolute atomic E-state index is 11.0. The lowest BCUT2D eigenvalue weighted by Crippen LogP contribution is -2.34. The summed E-state index contributed by atoms with van der Waals surface area (Å²) in [6.07, 6.45) is 2.86. The molecule has 1 aliphatic rings. The Balaban J connectivity index is 2.69. The summed E-state index contributed by atoms with van der Waals surface area (Å²) in [5.41, 5.74) is 0. The molecule has 0 aromatic rings. The first-order valence-corrected chi connectivity index (χ1v) is 6.16. The zero-order chi connectivity index (χ0) is 11.6. The van der Waals surface area contributed by atoms with E-state index in [2.05, 4.69) is 27.7 Å². The Morgan fingerprint density at radius 1 is 1.07 bits per heavy atom. The zero-order valence-electron chi connectivity index (χ0n) is 10.4. The van der Waals surface area contributed by atoms with Gasteiger partial charge in [-0.3, -0.25) is 4.79 Å². The summed E-state index contributed by atoms with van der Waals surface area (Å²) in [4.78, 5) is 11.0. The standard InChI is InChI=1S/C13H24O2/c1-8(2)11-6-5-10(13(14)15)7-12(11)9(3)4/h8-12H,5-7H2,1-4H3,(H,14,15). The Bertz CT molecular complexity index is 221. The molecule has 0 aromatic heterocycles. The Labute approximate surface area is 93.1 Å². The van der Waals surface area contributed by atoms with Crippen molar-refractivity contribution < 1.29 is 9.90 Å². The molecule has 0 spiro atoms. The predicted octanol–water partition coefficient (Wildman–Crippen LogP) is 3.42. The molecule has 0 amide bonds. The normalized spacial score (nSPS) is 32.3. The van der Waals surface area contributed by atoms with Crippen LogP contribution in [-0.2, 0) is 4.79 Å². The van der Waals surface area contributed by atoms with E-state index in [-0.39, 0.29) is 5.92 Å². The molecule has 1 aliphatic carbocycles. The molecule has 0 radical (unpaired) electrons. The van der Waals surface area contributed by atoms with Gasteiger partial charge in [-0.05, 0) is 42.9 Å². The molecule has 0 bridgehead atoms. The second-order valence-electron chi connectivity index (χ2n) is 5.66. The van der Waals surface area contributed by atoms with Crippen LogP contribution >= 0.6 is 0 Å². The molecule has 0 heterocycles. The highest BCUT2D eigenvalue weighted by atomic mass is 16.4. The van der Waals surface area contributed by atoms with Gasteiger partial charge in [-0.15, -0.1) is 0 Å². The van der Waals surface area contributed by atoms with Crippen LogP contribution in [-0.4, -0.2) is 11.1 Å². The number of hydrogen-bond acceptors (Lipinski definition) is 1. The van der Waals surface area contributed by atoms with Gasteiger partial charge in [-0.25, -0.2) is 0 Å². The number of aliphatic carboxylic acids is 1. The van der Waals surface area contributed by atoms with Crippen LogP contribution in [0.15, 0.2) is 0 Å². The SMILES string of the molecule is CC(C)C1CCC(C(=O)O)CC1C(C)C. The molecule has 3 unspecified atom stereocenters. The van der Waals surface area contributed by atoms with E-state index in [1.165, 1.54) is 0 Å². The molecule has 1 fully saturated rings. The number of rotatable bonds is 3. The van der Waals surface area contributed by atoms with E-state index in [1.54, 1.807) is 0 Å². The van der Waals surface area contributed by atoms with Gasteiger partial charge in [0.25, 0.3) is 0 Å². The van der Waals surface area contributed by atoms with E-state index < -0.39 is 5.97 Å². The van der Waals surface area contributed by atoms with Crippen molar-refractivity contribution >= 4 is 5.97 Å². The van der Waals surface area contributed by atoms with E-state index in [0.29, 0.717) is 17.8 Å². The molecule has 0 aromatic carbocycles. The van der Waals surface area contributed by atoms with Gasteiger partial charge in [0, 0.05) is 0 Å². The van der Waals surface area contributed by atoms with Crippen LogP contribution in [0.2, 0.25) is 0 Å². The monoisotopic (exact) mass is 212 g/mol. The summed E-state index contributed by atoms with van der Waals surface area (Å²) in [5.74, 6) is 1.93. The van der Waals surface area contributed by atoms with Crippen LogP contribution in [0.5, 0.6) is 0 Å². The van der Waals surface area contributed by atoms with Crippen LogP contribution in [0.3, 0.4) is 0 Å². The Morgan fingerprint density at radius 2 is 1.60 bits per heavy atom. The Morgan fingerprint density at radius 3 is 2.00 bits per heavy atom. The van der Waals surface area contributed by atoms with Crippen molar-refractivity contribution in [2.75, 3.05) is 0 Å². The number of carbonyl (C=O) groups is 1. The third-order valence-electron chi connectivity index (χ3n) is 4.02. The molecule has 88 valence electrons. The summed E-state index contributed by atoms with van der Waals surface area (Å²) in [6, 6.07) is 0. The van der Waals surface area contributed by atoms with Crippen molar-refractivity contribution in [1.29, 1.82) is 0 Å². The van der Waals surface area contributed by atoms with Crippen molar-refractivity contribution in [3.8, 4) is 0 Å². The summed E-state index contributed by atoms with van der Waals surface area (Å²) in [5, 5.41) is 9.06. The van der Waals surface area contributed by atoms with Crippen molar-refractivity contribution in [3.63, 3.8) is 0 Å². The fraction of sp³-hybridized carbons (Fsp3) is 0.923. The third-order valence-corrected chi connectivity index (χ3v) is 4.02. The van der Waals surface area contributed by atoms with E-state index in [9.17, 15) is 4.79 Å². The molecule has 2 nitrogen and oxygen atoms in total. The van der Waals surface area contributed by atoms with Gasteiger partial charge in [0.15, 0.2) is 0 Å². The number of carboxylic acid groups (broad SMARTS) is 1. The average molecular weight is 212 g/mol. The lowest BCUT2D eigenvalue weighted by Gasteiger charge is -2.39. The highest BCUT2D eigenvalue weighted by Gasteiger charge is 2.36. The summed E-state index contributed by atoms with van der Waals surface area (Å²) in [6.45, 7) is 8.98. The second-order valence-corrected chi connectivity index (χ2v) is 5.66. The summed E-state index contributed by atoms with van der Waals surface area (Å²) < 4.78 is 0. The van der Waals surface area contributed by atoms with Gasteiger partial charge < -0.3 is 5.11 Å². The van der Waals surface area contributed by atoms with Crippen LogP contribution in [0.25, 0.3) is 0 Å². The van der Waals surface area contributed by atoms with E-state index in [4.69, 9.17) is 5.11 Å². The molecule has 0 saturated heterocycles. The van der Waals surface area contributed by atoms with Crippen LogP contribution in [0.4, 0.5) is 0 Å². The minimum Gasteiger partial charge on any atom is -0.481 e. The quantitative estimate of drug-likeness (QED) is 0.778. The maximum Gasteiger partial charge on any atom is 0.306 e. The Hall–Kier alpha value is -0.530. The molecular formula is C13H24O2. The van der Waals surface area contributed by atoms with Crippen molar-refractivity contribution in [2.45, 2.75) is 47.0 Å². The van der Waals surface area contributed by atoms with Crippen LogP contribution in [0.1, 0.15) is 47.0 Å². The summed E-state index contributed by atoms with van der Waals surface area (Å²) in [7, 11) is 0. The van der Waals surface area contributed by atoms with Gasteiger partial charge in [-0.1, -0.05) is 27.7 Å².